The minimum absolute atomic E-state index is 0.130. The van der Waals surface area contributed by atoms with Gasteiger partial charge in [-0.15, -0.1) is 0 Å². The molecule has 18 heavy (non-hydrogen) atoms. The molecule has 0 bridgehead atoms. The number of amides is 1. The molecule has 1 fully saturated rings. The van der Waals surface area contributed by atoms with Gasteiger partial charge in [0, 0.05) is 33.6 Å². The zero-order valence-electron chi connectivity index (χ0n) is 12.2. The largest absolute Gasteiger partial charge is 0.375 e. The Morgan fingerprint density at radius 3 is 2.89 bits per heavy atom. The molecule has 0 aliphatic carbocycles. The van der Waals surface area contributed by atoms with Crippen LogP contribution in [0.5, 0.6) is 0 Å². The van der Waals surface area contributed by atoms with Crippen LogP contribution in [0.4, 0.5) is 0 Å². The first kappa shape index (κ1) is 15.4. The van der Waals surface area contributed by atoms with Gasteiger partial charge in [-0.3, -0.25) is 9.69 Å². The molecule has 1 heterocycles. The summed E-state index contributed by atoms with van der Waals surface area (Å²) in [6.07, 6.45) is 5.12. The fraction of sp³-hybridized carbons (Fsp3) is 0.929. The smallest absolute Gasteiger partial charge is 0.219 e. The van der Waals surface area contributed by atoms with Crippen molar-refractivity contribution in [3.63, 3.8) is 0 Å². The number of hydrogen-bond donors (Lipinski definition) is 0. The normalized spacial score (nSPS) is 20.9. The summed E-state index contributed by atoms with van der Waals surface area (Å²) >= 11 is 0. The minimum atomic E-state index is 0.130. The average Bonchev–Trinajstić information content (AvgIpc) is 2.36. The number of nitrogens with zero attached hydrogens (tertiary/aromatic N) is 2. The van der Waals surface area contributed by atoms with Crippen molar-refractivity contribution in [2.24, 2.45) is 0 Å². The Morgan fingerprint density at radius 2 is 2.22 bits per heavy atom. The maximum atomic E-state index is 11.1. The Hall–Kier alpha value is -0.610. The van der Waals surface area contributed by atoms with Gasteiger partial charge < -0.3 is 9.64 Å². The number of rotatable bonds is 7. The summed E-state index contributed by atoms with van der Waals surface area (Å²) in [6, 6.07) is 0. The Balaban J connectivity index is 2.20. The van der Waals surface area contributed by atoms with Crippen LogP contribution < -0.4 is 0 Å². The zero-order valence-corrected chi connectivity index (χ0v) is 12.2. The van der Waals surface area contributed by atoms with Crippen LogP contribution in [0.2, 0.25) is 0 Å². The van der Waals surface area contributed by atoms with Crippen molar-refractivity contribution in [3.05, 3.63) is 0 Å². The van der Waals surface area contributed by atoms with Gasteiger partial charge >= 0.3 is 0 Å². The summed E-state index contributed by atoms with van der Waals surface area (Å²) < 4.78 is 5.76. The monoisotopic (exact) mass is 256 g/mol. The first-order valence-electron chi connectivity index (χ1n) is 7.19. The minimum Gasteiger partial charge on any atom is -0.375 e. The van der Waals surface area contributed by atoms with Gasteiger partial charge in [0.15, 0.2) is 0 Å². The lowest BCUT2D eigenvalue weighted by Crippen LogP contribution is -2.44. The molecule has 4 nitrogen and oxygen atoms in total. The van der Waals surface area contributed by atoms with E-state index in [1.807, 2.05) is 7.05 Å². The van der Waals surface area contributed by atoms with Crippen molar-refractivity contribution in [1.82, 2.24) is 9.80 Å². The molecule has 106 valence electrons. The third kappa shape index (κ3) is 5.83. The highest BCUT2D eigenvalue weighted by atomic mass is 16.5. The first-order valence-corrected chi connectivity index (χ1v) is 7.19. The Kier molecular flexibility index (Phi) is 7.28. The van der Waals surface area contributed by atoms with Crippen molar-refractivity contribution in [3.8, 4) is 0 Å². The summed E-state index contributed by atoms with van der Waals surface area (Å²) in [7, 11) is 1.85. The molecule has 0 saturated carbocycles. The zero-order chi connectivity index (χ0) is 13.4. The number of carbonyl (C=O) groups excluding carboxylic acids is 1. The van der Waals surface area contributed by atoms with Gasteiger partial charge in [-0.2, -0.15) is 0 Å². The maximum absolute atomic E-state index is 11.1. The predicted molar refractivity (Wildman–Crippen MR) is 73.6 cm³/mol. The van der Waals surface area contributed by atoms with E-state index >= 15 is 0 Å². The van der Waals surface area contributed by atoms with Crippen LogP contribution in [-0.2, 0) is 9.53 Å². The van der Waals surface area contributed by atoms with Crippen LogP contribution in [-0.4, -0.2) is 61.6 Å². The quantitative estimate of drug-likeness (QED) is 0.651. The molecule has 0 aromatic rings. The highest BCUT2D eigenvalue weighted by Gasteiger charge is 2.20. The van der Waals surface area contributed by atoms with E-state index in [0.29, 0.717) is 6.10 Å². The summed E-state index contributed by atoms with van der Waals surface area (Å²) in [6.45, 7) is 8.75. The molecule has 1 rings (SSSR count). The Bertz CT molecular complexity index is 246. The lowest BCUT2D eigenvalue weighted by Gasteiger charge is -2.33. The fourth-order valence-corrected chi connectivity index (χ4v) is 2.24. The van der Waals surface area contributed by atoms with Crippen LogP contribution in [0.15, 0.2) is 0 Å². The fourth-order valence-electron chi connectivity index (χ4n) is 2.24. The van der Waals surface area contributed by atoms with Gasteiger partial charge in [-0.05, 0) is 19.4 Å². The summed E-state index contributed by atoms with van der Waals surface area (Å²) in [4.78, 5) is 15.4. The number of unbranched alkanes of at least 4 members (excludes halogenated alkanes) is 2. The molecule has 4 heteroatoms. The van der Waals surface area contributed by atoms with Gasteiger partial charge in [0.1, 0.15) is 0 Å². The number of hydrogen-bond acceptors (Lipinski definition) is 3. The standard InChI is InChI=1S/C14H28N2O2/c1-4-5-6-8-16-10-11-18-14(12-16)7-9-15(3)13(2)17/h14H,4-12H2,1-3H3/t14-/m1/s1. The van der Waals surface area contributed by atoms with Crippen LogP contribution in [0.3, 0.4) is 0 Å². The SMILES string of the molecule is CCCCCN1CCO[C@H](CCN(C)C(C)=O)C1. The van der Waals surface area contributed by atoms with Gasteiger partial charge in [0.05, 0.1) is 12.7 Å². The van der Waals surface area contributed by atoms with Crippen molar-refractivity contribution in [2.75, 3.05) is 39.8 Å². The van der Waals surface area contributed by atoms with E-state index in [9.17, 15) is 4.79 Å². The summed E-state index contributed by atoms with van der Waals surface area (Å²) in [5.41, 5.74) is 0. The second-order valence-electron chi connectivity index (χ2n) is 5.23. The molecule has 1 aliphatic heterocycles. The van der Waals surface area contributed by atoms with Crippen molar-refractivity contribution < 1.29 is 9.53 Å². The topological polar surface area (TPSA) is 32.8 Å². The highest BCUT2D eigenvalue weighted by Crippen LogP contribution is 2.10. The average molecular weight is 256 g/mol. The first-order chi connectivity index (χ1) is 8.63. The number of ether oxygens (including phenoxy) is 1. The van der Waals surface area contributed by atoms with E-state index in [1.54, 1.807) is 11.8 Å². The van der Waals surface area contributed by atoms with Crippen molar-refractivity contribution >= 4 is 5.91 Å². The maximum Gasteiger partial charge on any atom is 0.219 e. The van der Waals surface area contributed by atoms with E-state index in [4.69, 9.17) is 4.74 Å². The van der Waals surface area contributed by atoms with E-state index in [2.05, 4.69) is 11.8 Å². The van der Waals surface area contributed by atoms with Gasteiger partial charge in [-0.1, -0.05) is 19.8 Å². The lowest BCUT2D eigenvalue weighted by atomic mass is 10.1. The number of morpholine rings is 1. The van der Waals surface area contributed by atoms with Gasteiger partial charge in [0.25, 0.3) is 0 Å². The Morgan fingerprint density at radius 1 is 1.44 bits per heavy atom. The van der Waals surface area contributed by atoms with Gasteiger partial charge in [-0.25, -0.2) is 0 Å². The second-order valence-corrected chi connectivity index (χ2v) is 5.23. The molecular weight excluding hydrogens is 228 g/mol. The molecule has 0 radical (unpaired) electrons. The van der Waals surface area contributed by atoms with Crippen LogP contribution in [0.1, 0.15) is 39.5 Å². The third-order valence-corrected chi connectivity index (χ3v) is 3.62. The molecule has 0 unspecified atom stereocenters. The lowest BCUT2D eigenvalue weighted by molar-refractivity contribution is -0.128. The summed E-state index contributed by atoms with van der Waals surface area (Å²) in [5.74, 6) is 0.130. The molecule has 0 aromatic heterocycles. The molecule has 0 aromatic carbocycles. The third-order valence-electron chi connectivity index (χ3n) is 3.62. The molecule has 1 aliphatic rings. The van der Waals surface area contributed by atoms with E-state index in [0.717, 1.165) is 32.7 Å². The van der Waals surface area contributed by atoms with Crippen LogP contribution in [0, 0.1) is 0 Å². The van der Waals surface area contributed by atoms with E-state index in [1.165, 1.54) is 25.8 Å². The van der Waals surface area contributed by atoms with Crippen LogP contribution >= 0.6 is 0 Å². The van der Waals surface area contributed by atoms with Gasteiger partial charge in [0.2, 0.25) is 5.91 Å². The molecule has 1 saturated heterocycles. The molecule has 0 N–H and O–H groups in total. The van der Waals surface area contributed by atoms with Crippen LogP contribution in [0.25, 0.3) is 0 Å². The Labute approximate surface area is 111 Å². The molecule has 1 atom stereocenters. The molecule has 1 amide bonds. The second kappa shape index (κ2) is 8.48. The number of carbonyl (C=O) groups is 1. The highest BCUT2D eigenvalue weighted by molar-refractivity contribution is 5.72. The van der Waals surface area contributed by atoms with E-state index in [-0.39, 0.29) is 5.91 Å². The predicted octanol–water partition coefficient (Wildman–Crippen LogP) is 1.75. The van der Waals surface area contributed by atoms with E-state index < -0.39 is 0 Å². The molecular formula is C14H28N2O2. The molecule has 0 spiro atoms. The summed E-state index contributed by atoms with van der Waals surface area (Å²) in [5, 5.41) is 0. The van der Waals surface area contributed by atoms with Crippen molar-refractivity contribution in [2.45, 2.75) is 45.6 Å². The van der Waals surface area contributed by atoms with Crippen molar-refractivity contribution in [1.29, 1.82) is 0 Å².